The molecule has 196 valence electrons. The van der Waals surface area contributed by atoms with Crippen molar-refractivity contribution in [1.29, 1.82) is 0 Å². The van der Waals surface area contributed by atoms with Gasteiger partial charge in [0.1, 0.15) is 5.82 Å². The van der Waals surface area contributed by atoms with E-state index in [2.05, 4.69) is 15.4 Å². The summed E-state index contributed by atoms with van der Waals surface area (Å²) in [6.45, 7) is -0.752. The summed E-state index contributed by atoms with van der Waals surface area (Å²) in [5.74, 6) is -1.61. The summed E-state index contributed by atoms with van der Waals surface area (Å²) in [5, 5.41) is 16.8. The highest BCUT2D eigenvalue weighted by molar-refractivity contribution is 7.89. The fraction of sp³-hybridized carbons (Fsp3) is 0.200. The van der Waals surface area contributed by atoms with Crippen LogP contribution < -0.4 is 5.32 Å². The Balaban J connectivity index is 1.44. The lowest BCUT2D eigenvalue weighted by atomic mass is 9.99. The molecular formula is C25H22FN5O6S. The fourth-order valence-corrected chi connectivity index (χ4v) is 5.64. The first-order valence-corrected chi connectivity index (χ1v) is 12.9. The molecule has 13 heteroatoms. The predicted molar refractivity (Wildman–Crippen MR) is 131 cm³/mol. The molecule has 0 radical (unpaired) electrons. The van der Waals surface area contributed by atoms with Gasteiger partial charge in [-0.25, -0.2) is 4.39 Å². The van der Waals surface area contributed by atoms with Gasteiger partial charge < -0.3 is 14.7 Å². The number of halogens is 1. The summed E-state index contributed by atoms with van der Waals surface area (Å²) in [6.07, 6.45) is 2.93. The molecular weight excluding hydrogens is 517 g/mol. The van der Waals surface area contributed by atoms with Crippen molar-refractivity contribution in [2.45, 2.75) is 23.7 Å². The maximum absolute atomic E-state index is 14.8. The zero-order chi connectivity index (χ0) is 26.9. The van der Waals surface area contributed by atoms with Gasteiger partial charge in [0.25, 0.3) is 28.1 Å². The molecule has 38 heavy (non-hydrogen) atoms. The van der Waals surface area contributed by atoms with Crippen LogP contribution in [0.25, 0.3) is 10.9 Å². The van der Waals surface area contributed by atoms with Crippen LogP contribution >= 0.6 is 0 Å². The zero-order valence-electron chi connectivity index (χ0n) is 19.8. The van der Waals surface area contributed by atoms with Gasteiger partial charge in [-0.3, -0.25) is 19.9 Å². The van der Waals surface area contributed by atoms with Crippen LogP contribution in [0.5, 0.6) is 0 Å². The number of benzene rings is 2. The Kier molecular flexibility index (Phi) is 6.65. The van der Waals surface area contributed by atoms with Crippen molar-refractivity contribution in [2.75, 3.05) is 13.2 Å². The molecule has 1 aliphatic heterocycles. The number of nitrogens with one attached hydrogen (secondary N) is 1. The summed E-state index contributed by atoms with van der Waals surface area (Å²) in [6, 6.07) is 13.3. The SMILES string of the molecule is O=CO[C@@](NCCO)(C(=O)N1Cc2cn(S(=O)(=O)c3ccc4ncccc4c3)nc2C1)c1ccccc1F. The van der Waals surface area contributed by atoms with Gasteiger partial charge in [0.2, 0.25) is 0 Å². The molecule has 0 aliphatic carbocycles. The Morgan fingerprint density at radius 3 is 2.74 bits per heavy atom. The van der Waals surface area contributed by atoms with Crippen LogP contribution in [0.1, 0.15) is 16.8 Å². The van der Waals surface area contributed by atoms with Gasteiger partial charge in [-0.05, 0) is 30.3 Å². The second kappa shape index (κ2) is 9.93. The fourth-order valence-electron chi connectivity index (χ4n) is 4.43. The molecule has 1 amide bonds. The summed E-state index contributed by atoms with van der Waals surface area (Å²) >= 11 is 0. The molecule has 2 N–H and O–H groups in total. The van der Waals surface area contributed by atoms with Crippen molar-refractivity contribution in [3.8, 4) is 0 Å². The second-order valence-corrected chi connectivity index (χ2v) is 10.3. The van der Waals surface area contributed by atoms with Gasteiger partial charge >= 0.3 is 0 Å². The third-order valence-electron chi connectivity index (χ3n) is 6.23. The third-order valence-corrected chi connectivity index (χ3v) is 7.76. The van der Waals surface area contributed by atoms with Crippen LogP contribution in [0.3, 0.4) is 0 Å². The first-order valence-electron chi connectivity index (χ1n) is 11.5. The van der Waals surface area contributed by atoms with Gasteiger partial charge in [-0.15, -0.1) is 0 Å². The molecule has 5 rings (SSSR count). The molecule has 0 unspecified atom stereocenters. The molecule has 0 fully saturated rings. The van der Waals surface area contributed by atoms with Crippen LogP contribution in [0, 0.1) is 5.82 Å². The first kappa shape index (κ1) is 25.4. The lowest BCUT2D eigenvalue weighted by Crippen LogP contribution is -2.57. The number of carbonyl (C=O) groups excluding carboxylic acids is 2. The topological polar surface area (TPSA) is 144 Å². The molecule has 4 aromatic rings. The van der Waals surface area contributed by atoms with Gasteiger partial charge in [0.05, 0.1) is 34.8 Å². The van der Waals surface area contributed by atoms with E-state index in [9.17, 15) is 27.5 Å². The molecule has 3 heterocycles. The Bertz CT molecular complexity index is 1620. The Hall–Kier alpha value is -4.20. The smallest absolute Gasteiger partial charge is 0.295 e. The number of hydrogen-bond acceptors (Lipinski definition) is 9. The van der Waals surface area contributed by atoms with Crippen LogP contribution in [-0.4, -0.2) is 58.1 Å². The van der Waals surface area contributed by atoms with Gasteiger partial charge in [0, 0.05) is 36.4 Å². The van der Waals surface area contributed by atoms with Crippen molar-refractivity contribution < 1.29 is 32.2 Å². The highest BCUT2D eigenvalue weighted by Gasteiger charge is 2.48. The van der Waals surface area contributed by atoms with E-state index in [1.807, 2.05) is 0 Å². The van der Waals surface area contributed by atoms with Crippen molar-refractivity contribution in [3.63, 3.8) is 0 Å². The second-order valence-electron chi connectivity index (χ2n) is 8.52. The largest absolute Gasteiger partial charge is 0.432 e. The standard InChI is InChI=1S/C25H22FN5O6S/c26-21-6-2-1-5-20(21)25(37-16-33,28-10-11-32)24(34)30-13-18-14-31(29-23(18)15-30)38(35,36)19-7-8-22-17(12-19)4-3-9-27-22/h1-9,12,14,16,28,32H,10-11,13,15H2/t25-/m1/s1. The number of pyridine rings is 1. The van der Waals surface area contributed by atoms with Crippen molar-refractivity contribution in [2.24, 2.45) is 0 Å². The van der Waals surface area contributed by atoms with E-state index in [1.165, 1.54) is 41.4 Å². The summed E-state index contributed by atoms with van der Waals surface area (Å²) in [4.78, 5) is 30.6. The van der Waals surface area contributed by atoms with E-state index in [1.54, 1.807) is 24.4 Å². The van der Waals surface area contributed by atoms with Crippen molar-refractivity contribution >= 4 is 33.3 Å². The summed E-state index contributed by atoms with van der Waals surface area (Å²) in [7, 11) is -4.03. The molecule has 1 atom stereocenters. The maximum Gasteiger partial charge on any atom is 0.295 e. The molecule has 2 aromatic carbocycles. The normalized spacial score (nSPS) is 14.7. The minimum atomic E-state index is -4.03. The highest BCUT2D eigenvalue weighted by atomic mass is 32.2. The number of rotatable bonds is 9. The zero-order valence-corrected chi connectivity index (χ0v) is 20.6. The van der Waals surface area contributed by atoms with E-state index in [-0.39, 0.29) is 36.6 Å². The quantitative estimate of drug-likeness (QED) is 0.237. The minimum Gasteiger partial charge on any atom is -0.432 e. The monoisotopic (exact) mass is 539 g/mol. The average Bonchev–Trinajstić information content (AvgIpc) is 3.51. The van der Waals surface area contributed by atoms with Crippen LogP contribution in [0.2, 0.25) is 0 Å². The number of amides is 1. The number of aromatic nitrogens is 3. The Morgan fingerprint density at radius 2 is 2.00 bits per heavy atom. The number of aliphatic hydroxyl groups is 1. The minimum absolute atomic E-state index is 0.0236. The number of nitrogens with zero attached hydrogens (tertiary/aromatic N) is 4. The van der Waals surface area contributed by atoms with Crippen molar-refractivity contribution in [3.05, 3.63) is 89.6 Å². The maximum atomic E-state index is 14.8. The first-order chi connectivity index (χ1) is 18.3. The van der Waals surface area contributed by atoms with E-state index in [4.69, 9.17) is 4.74 Å². The molecule has 1 aliphatic rings. The molecule has 0 spiro atoms. The third kappa shape index (κ3) is 4.30. The number of fused-ring (bicyclic) bond motifs is 2. The lowest BCUT2D eigenvalue weighted by Gasteiger charge is -2.35. The Morgan fingerprint density at radius 1 is 1.18 bits per heavy atom. The van der Waals surface area contributed by atoms with E-state index < -0.39 is 34.1 Å². The molecule has 0 saturated heterocycles. The van der Waals surface area contributed by atoms with Gasteiger partial charge in [0.15, 0.2) is 0 Å². The average molecular weight is 540 g/mol. The molecule has 2 aromatic heterocycles. The predicted octanol–water partition coefficient (Wildman–Crippen LogP) is 1.26. The van der Waals surface area contributed by atoms with E-state index in [0.717, 1.165) is 10.2 Å². The number of carbonyl (C=O) groups is 2. The summed E-state index contributed by atoms with van der Waals surface area (Å²) < 4.78 is 47.3. The number of hydrogen-bond donors (Lipinski definition) is 2. The number of ether oxygens (including phenoxy) is 1. The van der Waals surface area contributed by atoms with Crippen molar-refractivity contribution in [1.82, 2.24) is 24.4 Å². The van der Waals surface area contributed by atoms with Gasteiger partial charge in [-0.1, -0.05) is 24.3 Å². The van der Waals surface area contributed by atoms with Crippen LogP contribution in [0.4, 0.5) is 4.39 Å². The van der Waals surface area contributed by atoms with Crippen LogP contribution in [0.15, 0.2) is 71.9 Å². The van der Waals surface area contributed by atoms with E-state index in [0.29, 0.717) is 22.2 Å². The molecule has 11 nitrogen and oxygen atoms in total. The summed E-state index contributed by atoms with van der Waals surface area (Å²) in [5.41, 5.74) is -1.07. The Labute approximate surface area is 216 Å². The van der Waals surface area contributed by atoms with Gasteiger partial charge in [-0.2, -0.15) is 17.6 Å². The van der Waals surface area contributed by atoms with Crippen LogP contribution in [-0.2, 0) is 43.2 Å². The number of aliphatic hydroxyl groups excluding tert-OH is 1. The highest BCUT2D eigenvalue weighted by Crippen LogP contribution is 2.32. The lowest BCUT2D eigenvalue weighted by molar-refractivity contribution is -0.173. The molecule has 0 saturated carbocycles. The van der Waals surface area contributed by atoms with E-state index >= 15 is 0 Å². The molecule has 0 bridgehead atoms.